The molecular formula is C25H27F2N3O5. The molecule has 0 saturated carbocycles. The van der Waals surface area contributed by atoms with Gasteiger partial charge in [-0.05, 0) is 67.8 Å². The molecule has 3 aromatic rings. The Morgan fingerprint density at radius 3 is 2.17 bits per heavy atom. The maximum Gasteiger partial charge on any atom is 0.305 e. The van der Waals surface area contributed by atoms with E-state index in [4.69, 9.17) is 5.11 Å². The number of benzene rings is 2. The molecule has 1 amide bonds. The SMILES string of the molecule is CCc1c(C(=O)Nc2ccc(F)cc2)nc(-c2ccc(F)cc2)n1CC[C@@H](O)C[C@@H](O)CC(=O)O. The van der Waals surface area contributed by atoms with Gasteiger partial charge in [0.15, 0.2) is 0 Å². The number of halogens is 2. The van der Waals surface area contributed by atoms with Gasteiger partial charge >= 0.3 is 5.97 Å². The molecule has 0 aliphatic heterocycles. The van der Waals surface area contributed by atoms with Crippen molar-refractivity contribution in [3.05, 3.63) is 71.6 Å². The van der Waals surface area contributed by atoms with Crippen LogP contribution in [0, 0.1) is 11.6 Å². The van der Waals surface area contributed by atoms with Gasteiger partial charge in [-0.15, -0.1) is 0 Å². The van der Waals surface area contributed by atoms with E-state index >= 15 is 0 Å². The van der Waals surface area contributed by atoms with Crippen molar-refractivity contribution in [1.82, 2.24) is 9.55 Å². The lowest BCUT2D eigenvalue weighted by molar-refractivity contribution is -0.139. The maximum atomic E-state index is 13.5. The molecule has 0 bridgehead atoms. The summed E-state index contributed by atoms with van der Waals surface area (Å²) in [7, 11) is 0. The van der Waals surface area contributed by atoms with E-state index in [-0.39, 0.29) is 25.1 Å². The molecule has 4 N–H and O–H groups in total. The number of nitrogens with one attached hydrogen (secondary N) is 1. The molecule has 10 heteroatoms. The van der Waals surface area contributed by atoms with Crippen LogP contribution in [0.25, 0.3) is 11.4 Å². The molecule has 0 fully saturated rings. The number of hydrogen-bond donors (Lipinski definition) is 4. The molecule has 1 heterocycles. The van der Waals surface area contributed by atoms with Gasteiger partial charge in [-0.3, -0.25) is 9.59 Å². The van der Waals surface area contributed by atoms with E-state index < -0.39 is 42.1 Å². The number of anilines is 1. The fraction of sp³-hybridized carbons (Fsp3) is 0.320. The van der Waals surface area contributed by atoms with Crippen LogP contribution >= 0.6 is 0 Å². The summed E-state index contributed by atoms with van der Waals surface area (Å²) < 4.78 is 28.5. The van der Waals surface area contributed by atoms with Crippen molar-refractivity contribution in [2.24, 2.45) is 0 Å². The van der Waals surface area contributed by atoms with E-state index in [2.05, 4.69) is 10.3 Å². The largest absolute Gasteiger partial charge is 0.481 e. The number of aliphatic hydroxyl groups is 2. The first-order chi connectivity index (χ1) is 16.7. The van der Waals surface area contributed by atoms with Gasteiger partial charge in [0.2, 0.25) is 0 Å². The first-order valence-corrected chi connectivity index (χ1v) is 11.2. The third-order valence-corrected chi connectivity index (χ3v) is 5.47. The smallest absolute Gasteiger partial charge is 0.305 e. The molecule has 35 heavy (non-hydrogen) atoms. The predicted octanol–water partition coefficient (Wildman–Crippen LogP) is 3.62. The normalized spacial score (nSPS) is 12.8. The Kier molecular flexibility index (Phi) is 8.67. The number of rotatable bonds is 11. The minimum absolute atomic E-state index is 0.119. The number of carbonyl (C=O) groups is 2. The molecule has 0 saturated heterocycles. The highest BCUT2D eigenvalue weighted by Gasteiger charge is 2.24. The zero-order chi connectivity index (χ0) is 25.5. The van der Waals surface area contributed by atoms with Crippen molar-refractivity contribution in [3.63, 3.8) is 0 Å². The second-order valence-electron chi connectivity index (χ2n) is 8.13. The van der Waals surface area contributed by atoms with Crippen LogP contribution in [-0.4, -0.2) is 49.0 Å². The summed E-state index contributed by atoms with van der Waals surface area (Å²) in [6, 6.07) is 10.9. The lowest BCUT2D eigenvalue weighted by Crippen LogP contribution is -2.22. The summed E-state index contributed by atoms with van der Waals surface area (Å²) in [6.45, 7) is 2.05. The highest BCUT2D eigenvalue weighted by molar-refractivity contribution is 6.04. The molecule has 2 atom stereocenters. The van der Waals surface area contributed by atoms with Gasteiger partial charge in [-0.2, -0.15) is 0 Å². The molecular weight excluding hydrogens is 460 g/mol. The Morgan fingerprint density at radius 2 is 1.60 bits per heavy atom. The van der Waals surface area contributed by atoms with E-state index in [9.17, 15) is 28.6 Å². The van der Waals surface area contributed by atoms with Crippen molar-refractivity contribution in [2.75, 3.05) is 5.32 Å². The number of imidazole rings is 1. The van der Waals surface area contributed by atoms with Crippen molar-refractivity contribution in [2.45, 2.75) is 51.4 Å². The van der Waals surface area contributed by atoms with Gasteiger partial charge < -0.3 is 25.2 Å². The van der Waals surface area contributed by atoms with Crippen LogP contribution in [-0.2, 0) is 17.8 Å². The predicted molar refractivity (Wildman–Crippen MR) is 125 cm³/mol. The zero-order valence-corrected chi connectivity index (χ0v) is 19.1. The third kappa shape index (κ3) is 6.93. The topological polar surface area (TPSA) is 125 Å². The van der Waals surface area contributed by atoms with Crippen LogP contribution in [0.3, 0.4) is 0 Å². The Hall–Kier alpha value is -3.63. The first kappa shape index (κ1) is 26.0. The number of carbonyl (C=O) groups excluding carboxylic acids is 1. The van der Waals surface area contributed by atoms with Gasteiger partial charge in [-0.1, -0.05) is 6.92 Å². The first-order valence-electron chi connectivity index (χ1n) is 11.2. The summed E-state index contributed by atoms with van der Waals surface area (Å²) in [6.07, 6.45) is -2.20. The number of amides is 1. The molecule has 0 spiro atoms. The number of carboxylic acid groups (broad SMARTS) is 1. The van der Waals surface area contributed by atoms with Gasteiger partial charge in [0.05, 0.1) is 24.3 Å². The summed E-state index contributed by atoms with van der Waals surface area (Å²) in [5, 5.41) is 31.6. The Labute approximate surface area is 200 Å². The van der Waals surface area contributed by atoms with Crippen LogP contribution in [0.2, 0.25) is 0 Å². The van der Waals surface area contributed by atoms with Crippen molar-refractivity contribution in [1.29, 1.82) is 0 Å². The number of aliphatic hydroxyl groups excluding tert-OH is 2. The van der Waals surface area contributed by atoms with E-state index in [0.717, 1.165) is 0 Å². The second kappa shape index (κ2) is 11.7. The van der Waals surface area contributed by atoms with Crippen LogP contribution in [0.4, 0.5) is 14.5 Å². The van der Waals surface area contributed by atoms with E-state index in [1.54, 1.807) is 4.57 Å². The van der Waals surface area contributed by atoms with Crippen molar-refractivity contribution >= 4 is 17.6 Å². The zero-order valence-electron chi connectivity index (χ0n) is 19.1. The highest BCUT2D eigenvalue weighted by Crippen LogP contribution is 2.26. The van der Waals surface area contributed by atoms with Gasteiger partial charge in [-0.25, -0.2) is 13.8 Å². The van der Waals surface area contributed by atoms with Gasteiger partial charge in [0.1, 0.15) is 23.2 Å². The monoisotopic (exact) mass is 487 g/mol. The summed E-state index contributed by atoms with van der Waals surface area (Å²) >= 11 is 0. The summed E-state index contributed by atoms with van der Waals surface area (Å²) in [4.78, 5) is 28.3. The standard InChI is InChI=1S/C25H27F2N3O5/c1-2-21-23(25(35)28-18-9-7-17(27)8-10-18)29-24(15-3-5-16(26)6-4-15)30(21)12-11-19(31)13-20(32)14-22(33)34/h3-10,19-20,31-32H,2,11-14H2,1H3,(H,28,35)(H,33,34)/t19-,20-/m1/s1. The Morgan fingerprint density at radius 1 is 1.00 bits per heavy atom. The van der Waals surface area contributed by atoms with Crippen LogP contribution in [0.15, 0.2) is 48.5 Å². The van der Waals surface area contributed by atoms with Gasteiger partial charge in [0, 0.05) is 17.8 Å². The average Bonchev–Trinajstić information content (AvgIpc) is 3.17. The lowest BCUT2D eigenvalue weighted by Gasteiger charge is -2.17. The lowest BCUT2D eigenvalue weighted by atomic mass is 10.1. The maximum absolute atomic E-state index is 13.5. The van der Waals surface area contributed by atoms with E-state index in [1.807, 2.05) is 6.92 Å². The molecule has 3 rings (SSSR count). The number of nitrogens with zero attached hydrogens (tertiary/aromatic N) is 2. The molecule has 1 aromatic heterocycles. The highest BCUT2D eigenvalue weighted by atomic mass is 19.1. The second-order valence-corrected chi connectivity index (χ2v) is 8.13. The van der Waals surface area contributed by atoms with Crippen LogP contribution in [0.1, 0.15) is 42.4 Å². The average molecular weight is 488 g/mol. The number of aromatic nitrogens is 2. The van der Waals surface area contributed by atoms with Crippen molar-refractivity contribution < 1.29 is 33.7 Å². The van der Waals surface area contributed by atoms with E-state index in [1.165, 1.54) is 48.5 Å². The molecule has 0 aliphatic rings. The molecule has 0 aliphatic carbocycles. The molecule has 186 valence electrons. The molecule has 8 nitrogen and oxygen atoms in total. The van der Waals surface area contributed by atoms with Crippen LogP contribution in [0.5, 0.6) is 0 Å². The minimum Gasteiger partial charge on any atom is -0.481 e. The molecule has 0 radical (unpaired) electrons. The number of aliphatic carboxylic acids is 1. The molecule has 2 aromatic carbocycles. The van der Waals surface area contributed by atoms with Crippen LogP contribution < -0.4 is 5.32 Å². The molecule has 0 unspecified atom stereocenters. The Balaban J connectivity index is 1.90. The fourth-order valence-corrected chi connectivity index (χ4v) is 3.81. The van der Waals surface area contributed by atoms with Gasteiger partial charge in [0.25, 0.3) is 5.91 Å². The van der Waals surface area contributed by atoms with E-state index in [0.29, 0.717) is 29.2 Å². The number of carboxylic acids is 1. The third-order valence-electron chi connectivity index (χ3n) is 5.47. The fourth-order valence-electron chi connectivity index (χ4n) is 3.81. The van der Waals surface area contributed by atoms with Crippen molar-refractivity contribution in [3.8, 4) is 11.4 Å². The Bertz CT molecular complexity index is 1160. The number of hydrogen-bond acceptors (Lipinski definition) is 5. The minimum atomic E-state index is -1.19. The summed E-state index contributed by atoms with van der Waals surface area (Å²) in [5.74, 6) is -2.15. The summed E-state index contributed by atoms with van der Waals surface area (Å²) in [5.41, 5.74) is 1.65. The quantitative estimate of drug-likeness (QED) is 0.328.